The summed E-state index contributed by atoms with van der Waals surface area (Å²) in [6.45, 7) is 7.39. The van der Waals surface area contributed by atoms with Crippen LogP contribution < -0.4 is 5.32 Å². The van der Waals surface area contributed by atoms with Crippen molar-refractivity contribution in [1.29, 1.82) is 0 Å². The van der Waals surface area contributed by atoms with E-state index in [0.717, 1.165) is 6.54 Å². The number of hydrogen-bond donors (Lipinski definition) is 1. The van der Waals surface area contributed by atoms with Gasteiger partial charge in [-0.25, -0.2) is 0 Å². The molecule has 2 nitrogen and oxygen atoms in total. The Morgan fingerprint density at radius 2 is 2.06 bits per heavy atom. The van der Waals surface area contributed by atoms with Gasteiger partial charge in [-0.3, -0.25) is 4.98 Å². The fourth-order valence-electron chi connectivity index (χ4n) is 1.94. The quantitative estimate of drug-likeness (QED) is 0.882. The van der Waals surface area contributed by atoms with Crippen molar-refractivity contribution in [1.82, 2.24) is 10.3 Å². The van der Waals surface area contributed by atoms with Gasteiger partial charge in [0, 0.05) is 35.9 Å². The second-order valence-electron chi connectivity index (χ2n) is 4.98. The first kappa shape index (κ1) is 12.8. The third-order valence-corrected chi connectivity index (χ3v) is 2.89. The molecule has 0 aliphatic heterocycles. The van der Waals surface area contributed by atoms with Crippen molar-refractivity contribution in [2.75, 3.05) is 6.54 Å². The highest BCUT2D eigenvalue weighted by Crippen LogP contribution is 2.19. The Kier molecular flexibility index (Phi) is 4.11. The standard InChI is InChI=1S/C16H20N2/c1-12(2)18-9-13(3)8-15-11-17-10-14-6-4-5-7-16(14)15/h4-8,10-12,18H,9H2,1-3H3/b13-8+. The molecule has 1 heterocycles. The molecule has 1 aromatic carbocycles. The molecule has 0 bridgehead atoms. The second-order valence-corrected chi connectivity index (χ2v) is 4.98. The van der Waals surface area contributed by atoms with Crippen LogP contribution in [0.25, 0.3) is 16.8 Å². The minimum absolute atomic E-state index is 0.513. The van der Waals surface area contributed by atoms with Gasteiger partial charge in [0.1, 0.15) is 0 Å². The lowest BCUT2D eigenvalue weighted by Crippen LogP contribution is -2.24. The molecular weight excluding hydrogens is 220 g/mol. The fraction of sp³-hybridized carbons (Fsp3) is 0.312. The third-order valence-electron chi connectivity index (χ3n) is 2.89. The SMILES string of the molecule is C/C(=C\c1cncc2ccccc12)CNC(C)C. The number of fused-ring (bicyclic) bond motifs is 1. The van der Waals surface area contributed by atoms with Crippen molar-refractivity contribution in [2.24, 2.45) is 0 Å². The maximum atomic E-state index is 4.30. The Balaban J connectivity index is 2.28. The van der Waals surface area contributed by atoms with E-state index in [4.69, 9.17) is 0 Å². The molecule has 18 heavy (non-hydrogen) atoms. The van der Waals surface area contributed by atoms with E-state index in [1.54, 1.807) is 0 Å². The van der Waals surface area contributed by atoms with Gasteiger partial charge in [-0.1, -0.05) is 49.8 Å². The zero-order chi connectivity index (χ0) is 13.0. The van der Waals surface area contributed by atoms with Crippen LogP contribution in [0.15, 0.2) is 42.2 Å². The Labute approximate surface area is 109 Å². The molecular formula is C16H20N2. The molecule has 0 saturated carbocycles. The van der Waals surface area contributed by atoms with Gasteiger partial charge in [0.05, 0.1) is 0 Å². The van der Waals surface area contributed by atoms with Gasteiger partial charge in [-0.05, 0) is 12.3 Å². The molecule has 0 aliphatic carbocycles. The minimum atomic E-state index is 0.513. The summed E-state index contributed by atoms with van der Waals surface area (Å²) in [7, 11) is 0. The van der Waals surface area contributed by atoms with Gasteiger partial charge >= 0.3 is 0 Å². The maximum Gasteiger partial charge on any atom is 0.0346 e. The van der Waals surface area contributed by atoms with E-state index >= 15 is 0 Å². The number of rotatable bonds is 4. The minimum Gasteiger partial charge on any atom is -0.311 e. The number of aromatic nitrogens is 1. The molecule has 0 spiro atoms. The first-order chi connectivity index (χ1) is 8.66. The molecule has 0 fully saturated rings. The third kappa shape index (κ3) is 3.17. The van der Waals surface area contributed by atoms with Crippen molar-refractivity contribution in [3.8, 4) is 0 Å². The highest BCUT2D eigenvalue weighted by molar-refractivity contribution is 5.89. The zero-order valence-corrected chi connectivity index (χ0v) is 11.3. The van der Waals surface area contributed by atoms with E-state index in [2.05, 4.69) is 55.3 Å². The number of nitrogens with zero attached hydrogens (tertiary/aromatic N) is 1. The van der Waals surface area contributed by atoms with Crippen LogP contribution >= 0.6 is 0 Å². The first-order valence-corrected chi connectivity index (χ1v) is 6.40. The highest BCUT2D eigenvalue weighted by atomic mass is 14.9. The lowest BCUT2D eigenvalue weighted by molar-refractivity contribution is 0.623. The van der Waals surface area contributed by atoms with Crippen LogP contribution in [0.1, 0.15) is 26.3 Å². The topological polar surface area (TPSA) is 24.9 Å². The summed E-state index contributed by atoms with van der Waals surface area (Å²) in [6, 6.07) is 8.87. The van der Waals surface area contributed by atoms with Crippen molar-refractivity contribution in [3.63, 3.8) is 0 Å². The molecule has 0 radical (unpaired) electrons. The monoisotopic (exact) mass is 240 g/mol. The Morgan fingerprint density at radius 1 is 1.28 bits per heavy atom. The summed E-state index contributed by atoms with van der Waals surface area (Å²) >= 11 is 0. The molecule has 0 atom stereocenters. The molecule has 94 valence electrons. The lowest BCUT2D eigenvalue weighted by Gasteiger charge is -2.08. The first-order valence-electron chi connectivity index (χ1n) is 6.40. The average molecular weight is 240 g/mol. The molecule has 2 heteroatoms. The van der Waals surface area contributed by atoms with Crippen molar-refractivity contribution in [2.45, 2.75) is 26.8 Å². The van der Waals surface area contributed by atoms with E-state index in [1.165, 1.54) is 21.9 Å². The van der Waals surface area contributed by atoms with Crippen LogP contribution in [-0.4, -0.2) is 17.6 Å². The summed E-state index contributed by atoms with van der Waals surface area (Å²) in [5, 5.41) is 5.88. The molecule has 0 unspecified atom stereocenters. The predicted molar refractivity (Wildman–Crippen MR) is 78.5 cm³/mol. The van der Waals surface area contributed by atoms with Crippen molar-refractivity contribution < 1.29 is 0 Å². The summed E-state index contributed by atoms with van der Waals surface area (Å²) in [5.74, 6) is 0. The van der Waals surface area contributed by atoms with Gasteiger partial charge in [0.15, 0.2) is 0 Å². The van der Waals surface area contributed by atoms with Crippen LogP contribution in [0, 0.1) is 0 Å². The van der Waals surface area contributed by atoms with Crippen molar-refractivity contribution in [3.05, 3.63) is 47.8 Å². The van der Waals surface area contributed by atoms with Crippen LogP contribution in [0.5, 0.6) is 0 Å². The van der Waals surface area contributed by atoms with E-state index < -0.39 is 0 Å². The lowest BCUT2D eigenvalue weighted by atomic mass is 10.1. The predicted octanol–water partition coefficient (Wildman–Crippen LogP) is 3.64. The average Bonchev–Trinajstić information content (AvgIpc) is 2.37. The molecule has 1 aromatic heterocycles. The molecule has 0 aliphatic rings. The largest absolute Gasteiger partial charge is 0.311 e. The number of pyridine rings is 1. The second kappa shape index (κ2) is 5.78. The summed E-state index contributed by atoms with van der Waals surface area (Å²) in [4.78, 5) is 4.30. The van der Waals surface area contributed by atoms with Gasteiger partial charge < -0.3 is 5.32 Å². The smallest absolute Gasteiger partial charge is 0.0346 e. The molecule has 0 amide bonds. The number of nitrogens with one attached hydrogen (secondary N) is 1. The van der Waals surface area contributed by atoms with Crippen LogP contribution in [0.3, 0.4) is 0 Å². The fourth-order valence-corrected chi connectivity index (χ4v) is 1.94. The maximum absolute atomic E-state index is 4.30. The summed E-state index contributed by atoms with van der Waals surface area (Å²) < 4.78 is 0. The number of hydrogen-bond acceptors (Lipinski definition) is 2. The van der Waals surface area contributed by atoms with Gasteiger partial charge in [0.2, 0.25) is 0 Å². The Hall–Kier alpha value is -1.67. The number of benzene rings is 1. The van der Waals surface area contributed by atoms with Crippen LogP contribution in [-0.2, 0) is 0 Å². The molecule has 1 N–H and O–H groups in total. The van der Waals surface area contributed by atoms with E-state index in [-0.39, 0.29) is 0 Å². The van der Waals surface area contributed by atoms with E-state index in [1.807, 2.05) is 18.5 Å². The summed E-state index contributed by atoms with van der Waals surface area (Å²) in [6.07, 6.45) is 6.06. The molecule has 0 saturated heterocycles. The summed E-state index contributed by atoms with van der Waals surface area (Å²) in [5.41, 5.74) is 2.51. The highest BCUT2D eigenvalue weighted by Gasteiger charge is 1.99. The van der Waals surface area contributed by atoms with E-state index in [9.17, 15) is 0 Å². The Morgan fingerprint density at radius 3 is 2.83 bits per heavy atom. The van der Waals surface area contributed by atoms with Gasteiger partial charge in [-0.2, -0.15) is 0 Å². The van der Waals surface area contributed by atoms with E-state index in [0.29, 0.717) is 6.04 Å². The van der Waals surface area contributed by atoms with Crippen LogP contribution in [0.2, 0.25) is 0 Å². The van der Waals surface area contributed by atoms with Crippen LogP contribution in [0.4, 0.5) is 0 Å². The van der Waals surface area contributed by atoms with Gasteiger partial charge in [0.25, 0.3) is 0 Å². The Bertz CT molecular complexity index is 551. The van der Waals surface area contributed by atoms with Crippen molar-refractivity contribution >= 4 is 16.8 Å². The molecule has 2 aromatic rings. The van der Waals surface area contributed by atoms with Gasteiger partial charge in [-0.15, -0.1) is 0 Å². The zero-order valence-electron chi connectivity index (χ0n) is 11.3. The molecule has 2 rings (SSSR count). The normalized spacial score (nSPS) is 12.3.